The second-order valence-electron chi connectivity index (χ2n) is 5.75. The molecule has 13 heteroatoms. The van der Waals surface area contributed by atoms with Gasteiger partial charge in [-0.05, 0) is 30.3 Å². The van der Waals surface area contributed by atoms with Gasteiger partial charge in [-0.2, -0.15) is 16.8 Å². The van der Waals surface area contributed by atoms with Crippen LogP contribution in [0.1, 0.15) is 10.4 Å². The number of phenolic OH excluding ortho intramolecular Hbond substituents is 1. The number of anilines is 1. The molecule has 1 amide bonds. The Kier molecular flexibility index (Phi) is 9.09. The minimum Gasteiger partial charge on any atom is -0.507 e. The van der Waals surface area contributed by atoms with E-state index in [-0.39, 0.29) is 75.8 Å². The number of hydrogen-bond acceptors (Lipinski definition) is 6. The molecule has 0 aliphatic heterocycles. The SMILES string of the molecule is O=C(Nc1ccc(S(=O)(=O)O)c2cc(S(=O)(=O)O)cc(O)c12)c1ccccc1.[Na].[Na]. The molecule has 0 aromatic heterocycles. The van der Waals surface area contributed by atoms with Crippen LogP contribution in [0.4, 0.5) is 5.69 Å². The normalized spacial score (nSPS) is 11.3. The van der Waals surface area contributed by atoms with Gasteiger partial charge >= 0.3 is 0 Å². The van der Waals surface area contributed by atoms with Crippen molar-refractivity contribution < 1.29 is 35.8 Å². The van der Waals surface area contributed by atoms with Gasteiger partial charge in [0, 0.05) is 81.5 Å². The molecule has 0 aliphatic carbocycles. The first-order valence-corrected chi connectivity index (χ1v) is 10.5. The molecule has 0 unspecified atom stereocenters. The first-order chi connectivity index (χ1) is 13.0. The quantitative estimate of drug-likeness (QED) is 0.331. The van der Waals surface area contributed by atoms with Crippen LogP contribution in [0.2, 0.25) is 0 Å². The van der Waals surface area contributed by atoms with E-state index in [1.54, 1.807) is 18.2 Å². The zero-order chi connectivity index (χ0) is 20.7. The van der Waals surface area contributed by atoms with Gasteiger partial charge in [0.2, 0.25) is 0 Å². The van der Waals surface area contributed by atoms with Gasteiger partial charge in [-0.15, -0.1) is 0 Å². The number of phenols is 1. The summed E-state index contributed by atoms with van der Waals surface area (Å²) >= 11 is 0. The van der Waals surface area contributed by atoms with Crippen molar-refractivity contribution in [3.8, 4) is 5.75 Å². The van der Waals surface area contributed by atoms with Gasteiger partial charge in [0.15, 0.2) is 0 Å². The van der Waals surface area contributed by atoms with Crippen LogP contribution in [0.3, 0.4) is 0 Å². The summed E-state index contributed by atoms with van der Waals surface area (Å²) in [5.74, 6) is -1.29. The molecule has 9 nitrogen and oxygen atoms in total. The van der Waals surface area contributed by atoms with Gasteiger partial charge in [-0.25, -0.2) is 0 Å². The molecule has 0 atom stereocenters. The average molecular weight is 469 g/mol. The van der Waals surface area contributed by atoms with Gasteiger partial charge in [0.1, 0.15) is 10.6 Å². The van der Waals surface area contributed by atoms with Crippen molar-refractivity contribution in [2.24, 2.45) is 0 Å². The van der Waals surface area contributed by atoms with Gasteiger partial charge < -0.3 is 10.4 Å². The number of benzene rings is 3. The zero-order valence-corrected chi connectivity index (χ0v) is 21.5. The maximum atomic E-state index is 12.4. The largest absolute Gasteiger partial charge is 0.507 e. The van der Waals surface area contributed by atoms with Crippen molar-refractivity contribution >= 4 is 102 Å². The van der Waals surface area contributed by atoms with Crippen LogP contribution in [-0.2, 0) is 20.2 Å². The average Bonchev–Trinajstić information content (AvgIpc) is 2.60. The third-order valence-corrected chi connectivity index (χ3v) is 5.63. The van der Waals surface area contributed by atoms with Crippen LogP contribution >= 0.6 is 0 Å². The summed E-state index contributed by atoms with van der Waals surface area (Å²) in [6, 6.07) is 11.6. The molecule has 4 N–H and O–H groups in total. The van der Waals surface area contributed by atoms with E-state index in [1.165, 1.54) is 12.1 Å². The monoisotopic (exact) mass is 469 g/mol. The number of carbonyl (C=O) groups excluding carboxylic acids is 1. The first kappa shape index (κ1) is 27.0. The van der Waals surface area contributed by atoms with Gasteiger partial charge in [-0.3, -0.25) is 13.9 Å². The topological polar surface area (TPSA) is 158 Å². The Labute approximate surface area is 216 Å². The molecule has 0 saturated carbocycles. The molecular formula is C17H13NNa2O8S2. The van der Waals surface area contributed by atoms with E-state index in [1.807, 2.05) is 0 Å². The third kappa shape index (κ3) is 5.82. The fourth-order valence-electron chi connectivity index (χ4n) is 2.67. The van der Waals surface area contributed by atoms with Crippen molar-refractivity contribution in [1.29, 1.82) is 0 Å². The van der Waals surface area contributed by atoms with E-state index in [9.17, 15) is 35.8 Å². The standard InChI is InChI=1S/C17H13NO8S2.2Na/c19-14-9-11(27(21,22)23)8-12-15(28(24,25)26)7-6-13(16(12)14)18-17(20)10-4-2-1-3-5-10;;/h1-9,19H,(H,18,20)(H,21,22,23)(H,24,25,26);;. The number of amides is 1. The predicted octanol–water partition coefficient (Wildman–Crippen LogP) is 1.53. The summed E-state index contributed by atoms with van der Waals surface area (Å²) < 4.78 is 64.7. The Morgan fingerprint density at radius 2 is 1.43 bits per heavy atom. The molecular weight excluding hydrogens is 456 g/mol. The molecule has 148 valence electrons. The molecule has 0 heterocycles. The first-order valence-electron chi connectivity index (χ1n) is 7.59. The fraction of sp³-hybridized carbons (Fsp3) is 0. The summed E-state index contributed by atoms with van der Waals surface area (Å²) in [5, 5.41) is 12.1. The van der Waals surface area contributed by atoms with Crippen LogP contribution in [0, 0.1) is 0 Å². The maximum absolute atomic E-state index is 12.4. The second kappa shape index (κ2) is 10.1. The van der Waals surface area contributed by atoms with Gasteiger partial charge in [-0.1, -0.05) is 18.2 Å². The van der Waals surface area contributed by atoms with Crippen LogP contribution in [0.25, 0.3) is 10.8 Å². The second-order valence-corrected chi connectivity index (χ2v) is 8.56. The molecule has 0 bridgehead atoms. The number of hydrogen-bond donors (Lipinski definition) is 4. The smallest absolute Gasteiger partial charge is 0.295 e. The van der Waals surface area contributed by atoms with Gasteiger partial charge in [0.05, 0.1) is 10.6 Å². The minimum atomic E-state index is -4.81. The Morgan fingerprint density at radius 3 is 1.97 bits per heavy atom. The van der Waals surface area contributed by atoms with Crippen molar-refractivity contribution in [3.05, 3.63) is 60.2 Å². The van der Waals surface area contributed by atoms with Crippen molar-refractivity contribution in [2.45, 2.75) is 9.79 Å². The Morgan fingerprint density at radius 1 is 0.833 bits per heavy atom. The summed E-state index contributed by atoms with van der Waals surface area (Å²) in [6.45, 7) is 0. The van der Waals surface area contributed by atoms with Gasteiger partial charge in [0.25, 0.3) is 26.1 Å². The molecule has 2 radical (unpaired) electrons. The molecule has 0 fully saturated rings. The minimum absolute atomic E-state index is 0. The summed E-state index contributed by atoms with van der Waals surface area (Å²) in [6.07, 6.45) is 0. The van der Waals surface area contributed by atoms with E-state index in [0.29, 0.717) is 6.07 Å². The molecule has 0 aliphatic rings. The maximum Gasteiger partial charge on any atom is 0.295 e. The van der Waals surface area contributed by atoms with Crippen molar-refractivity contribution in [1.82, 2.24) is 0 Å². The fourth-order valence-corrected chi connectivity index (χ4v) is 3.88. The third-order valence-electron chi connectivity index (χ3n) is 3.89. The summed E-state index contributed by atoms with van der Waals surface area (Å²) in [5.41, 5.74) is 0.249. The van der Waals surface area contributed by atoms with E-state index < -0.39 is 47.1 Å². The van der Waals surface area contributed by atoms with Crippen molar-refractivity contribution in [2.75, 3.05) is 5.32 Å². The molecule has 3 aromatic rings. The van der Waals surface area contributed by atoms with E-state index in [2.05, 4.69) is 5.32 Å². The van der Waals surface area contributed by atoms with E-state index in [4.69, 9.17) is 0 Å². The van der Waals surface area contributed by atoms with Crippen LogP contribution in [0.5, 0.6) is 5.75 Å². The molecule has 0 spiro atoms. The van der Waals surface area contributed by atoms with Crippen LogP contribution < -0.4 is 5.32 Å². The number of aromatic hydroxyl groups is 1. The zero-order valence-electron chi connectivity index (χ0n) is 15.9. The van der Waals surface area contributed by atoms with Crippen LogP contribution in [0.15, 0.2) is 64.4 Å². The van der Waals surface area contributed by atoms with E-state index in [0.717, 1.165) is 18.2 Å². The molecule has 0 saturated heterocycles. The summed E-state index contributed by atoms with van der Waals surface area (Å²) in [4.78, 5) is 10.9. The predicted molar refractivity (Wildman–Crippen MR) is 111 cm³/mol. The van der Waals surface area contributed by atoms with E-state index >= 15 is 0 Å². The molecule has 30 heavy (non-hydrogen) atoms. The molecule has 3 rings (SSSR count). The number of carbonyl (C=O) groups is 1. The summed E-state index contributed by atoms with van der Waals surface area (Å²) in [7, 11) is -9.59. The molecule has 3 aromatic carbocycles. The number of fused-ring (bicyclic) bond motifs is 1. The number of nitrogens with one attached hydrogen (secondary N) is 1. The Hall–Kier alpha value is -0.990. The Balaban J connectivity index is 0.00000225. The van der Waals surface area contributed by atoms with Crippen molar-refractivity contribution in [3.63, 3.8) is 0 Å². The number of rotatable bonds is 4. The van der Waals surface area contributed by atoms with Crippen LogP contribution in [-0.4, -0.2) is 96.1 Å². The Bertz CT molecular complexity index is 1310.